The number of nitrogens with zero attached hydrogens (tertiary/aromatic N) is 1. The molecule has 9 heteroatoms. The molecule has 1 saturated heterocycles. The summed E-state index contributed by atoms with van der Waals surface area (Å²) in [7, 11) is 3.19. The maximum absolute atomic E-state index is 12.4. The van der Waals surface area contributed by atoms with E-state index in [9.17, 15) is 9.59 Å². The molecule has 0 aromatic heterocycles. The number of ether oxygens (including phenoxy) is 2. The van der Waals surface area contributed by atoms with Crippen LogP contribution in [0.3, 0.4) is 0 Å². The second-order valence-corrected chi connectivity index (χ2v) is 7.09. The Morgan fingerprint density at radius 3 is 2.55 bits per heavy atom. The lowest BCUT2D eigenvalue weighted by molar-refractivity contribution is -0.120. The second kappa shape index (κ2) is 11.3. The van der Waals surface area contributed by atoms with E-state index in [0.29, 0.717) is 31.1 Å². The summed E-state index contributed by atoms with van der Waals surface area (Å²) in [6, 6.07) is 12.8. The van der Waals surface area contributed by atoms with Gasteiger partial charge in [0, 0.05) is 30.9 Å². The average molecular weight is 449 g/mol. The van der Waals surface area contributed by atoms with E-state index in [0.717, 1.165) is 23.4 Å². The van der Waals surface area contributed by atoms with Gasteiger partial charge in [-0.3, -0.25) is 4.79 Å². The summed E-state index contributed by atoms with van der Waals surface area (Å²) >= 11 is 0. The van der Waals surface area contributed by atoms with E-state index in [-0.39, 0.29) is 30.4 Å². The SMILES string of the molecule is COc1ccc(OC)c(C(C)NC(=O)NCc2ccc(N3CCNC(=O)C3)cc2)c1.Cl. The van der Waals surface area contributed by atoms with Crippen molar-refractivity contribution in [3.8, 4) is 11.5 Å². The van der Waals surface area contributed by atoms with Gasteiger partial charge in [0.25, 0.3) is 0 Å². The number of hydrogen-bond donors (Lipinski definition) is 3. The van der Waals surface area contributed by atoms with E-state index < -0.39 is 0 Å². The molecule has 8 nitrogen and oxygen atoms in total. The van der Waals surface area contributed by atoms with Crippen LogP contribution < -0.4 is 30.3 Å². The smallest absolute Gasteiger partial charge is 0.315 e. The Morgan fingerprint density at radius 1 is 1.16 bits per heavy atom. The lowest BCUT2D eigenvalue weighted by Gasteiger charge is -2.28. The Labute approximate surface area is 188 Å². The van der Waals surface area contributed by atoms with Crippen molar-refractivity contribution in [2.45, 2.75) is 19.5 Å². The molecule has 3 rings (SSSR count). The summed E-state index contributed by atoms with van der Waals surface area (Å²) in [5.74, 6) is 1.42. The van der Waals surface area contributed by atoms with Crippen molar-refractivity contribution in [3.05, 3.63) is 53.6 Å². The maximum atomic E-state index is 12.4. The predicted octanol–water partition coefficient (Wildman–Crippen LogP) is 2.62. The number of nitrogens with one attached hydrogen (secondary N) is 3. The molecule has 2 aromatic carbocycles. The van der Waals surface area contributed by atoms with Crippen molar-refractivity contribution in [3.63, 3.8) is 0 Å². The van der Waals surface area contributed by atoms with Gasteiger partial charge in [0.15, 0.2) is 0 Å². The van der Waals surface area contributed by atoms with Crippen molar-refractivity contribution < 1.29 is 19.1 Å². The minimum atomic E-state index is -0.274. The number of halogens is 1. The lowest BCUT2D eigenvalue weighted by Crippen LogP contribution is -2.47. The van der Waals surface area contributed by atoms with E-state index in [1.807, 2.05) is 54.3 Å². The molecule has 0 spiro atoms. The first-order valence-electron chi connectivity index (χ1n) is 9.87. The molecule has 1 fully saturated rings. The molecule has 0 bridgehead atoms. The third-order valence-electron chi connectivity index (χ3n) is 5.04. The number of methoxy groups -OCH3 is 2. The zero-order valence-corrected chi connectivity index (χ0v) is 18.8. The highest BCUT2D eigenvalue weighted by atomic mass is 35.5. The van der Waals surface area contributed by atoms with Crippen molar-refractivity contribution in [2.24, 2.45) is 0 Å². The third-order valence-corrected chi connectivity index (χ3v) is 5.04. The first kappa shape index (κ1) is 24.1. The number of amides is 3. The molecular weight excluding hydrogens is 420 g/mol. The maximum Gasteiger partial charge on any atom is 0.315 e. The molecule has 0 aliphatic carbocycles. The van der Waals surface area contributed by atoms with Crippen LogP contribution in [0.15, 0.2) is 42.5 Å². The Hall–Kier alpha value is -3.13. The lowest BCUT2D eigenvalue weighted by atomic mass is 10.1. The molecule has 0 radical (unpaired) electrons. The van der Waals surface area contributed by atoms with Crippen LogP contribution in [-0.4, -0.2) is 45.8 Å². The quantitative estimate of drug-likeness (QED) is 0.605. The molecular formula is C22H29ClN4O4. The van der Waals surface area contributed by atoms with Crippen LogP contribution in [0.25, 0.3) is 0 Å². The van der Waals surface area contributed by atoms with E-state index >= 15 is 0 Å². The Kier molecular flexibility index (Phi) is 8.81. The standard InChI is InChI=1S/C22H28N4O4.ClH/c1-15(19-12-18(29-2)8-9-20(19)30-3)25-22(28)24-13-16-4-6-17(7-5-16)26-11-10-23-21(27)14-26;/h4-9,12,15H,10-11,13-14H2,1-3H3,(H,23,27)(H2,24,25,28);1H. The summed E-state index contributed by atoms with van der Waals surface area (Å²) in [6.07, 6.45) is 0. The number of anilines is 1. The summed E-state index contributed by atoms with van der Waals surface area (Å²) < 4.78 is 10.7. The molecule has 3 N–H and O–H groups in total. The normalized spacial score (nSPS) is 14.0. The number of urea groups is 1. The van der Waals surface area contributed by atoms with E-state index in [1.165, 1.54) is 0 Å². The van der Waals surface area contributed by atoms with Gasteiger partial charge in [-0.25, -0.2) is 4.79 Å². The fourth-order valence-corrected chi connectivity index (χ4v) is 3.37. The largest absolute Gasteiger partial charge is 0.497 e. The molecule has 1 aliphatic heterocycles. The van der Waals surface area contributed by atoms with E-state index in [4.69, 9.17) is 9.47 Å². The first-order valence-corrected chi connectivity index (χ1v) is 9.87. The number of carbonyl (C=O) groups excluding carboxylic acids is 2. The first-order chi connectivity index (χ1) is 14.5. The molecule has 0 saturated carbocycles. The van der Waals surface area contributed by atoms with Crippen LogP contribution in [0, 0.1) is 0 Å². The van der Waals surface area contributed by atoms with Crippen LogP contribution in [0.1, 0.15) is 24.1 Å². The van der Waals surface area contributed by atoms with Gasteiger partial charge < -0.3 is 30.3 Å². The highest BCUT2D eigenvalue weighted by molar-refractivity contribution is 5.85. The minimum absolute atomic E-state index is 0. The molecule has 2 aromatic rings. The van der Waals surface area contributed by atoms with Crippen LogP contribution in [-0.2, 0) is 11.3 Å². The number of rotatable bonds is 7. The summed E-state index contributed by atoms with van der Waals surface area (Å²) in [6.45, 7) is 4.09. The third kappa shape index (κ3) is 6.42. The van der Waals surface area contributed by atoms with Crippen molar-refractivity contribution in [2.75, 3.05) is 38.8 Å². The van der Waals surface area contributed by atoms with Gasteiger partial charge in [-0.2, -0.15) is 0 Å². The van der Waals surface area contributed by atoms with E-state index in [1.54, 1.807) is 14.2 Å². The number of hydrogen-bond acceptors (Lipinski definition) is 5. The van der Waals surface area contributed by atoms with Gasteiger partial charge >= 0.3 is 6.03 Å². The second-order valence-electron chi connectivity index (χ2n) is 7.09. The van der Waals surface area contributed by atoms with Crippen molar-refractivity contribution in [1.29, 1.82) is 0 Å². The van der Waals surface area contributed by atoms with Crippen LogP contribution in [0.2, 0.25) is 0 Å². The zero-order chi connectivity index (χ0) is 21.5. The van der Waals surface area contributed by atoms with Crippen LogP contribution in [0.4, 0.5) is 10.5 Å². The Morgan fingerprint density at radius 2 is 1.90 bits per heavy atom. The molecule has 1 unspecified atom stereocenters. The average Bonchev–Trinajstić information content (AvgIpc) is 2.77. The monoisotopic (exact) mass is 448 g/mol. The number of piperazine rings is 1. The summed E-state index contributed by atoms with van der Waals surface area (Å²) in [4.78, 5) is 25.9. The zero-order valence-electron chi connectivity index (χ0n) is 17.9. The molecule has 3 amide bonds. The van der Waals surface area contributed by atoms with Gasteiger partial charge in [-0.1, -0.05) is 12.1 Å². The van der Waals surface area contributed by atoms with E-state index in [2.05, 4.69) is 16.0 Å². The van der Waals surface area contributed by atoms with Gasteiger partial charge in [0.1, 0.15) is 11.5 Å². The number of carbonyl (C=O) groups is 2. The van der Waals surface area contributed by atoms with Crippen molar-refractivity contribution >= 4 is 30.0 Å². The highest BCUT2D eigenvalue weighted by Gasteiger charge is 2.17. The molecule has 1 atom stereocenters. The van der Waals surface area contributed by atoms with Crippen LogP contribution >= 0.6 is 12.4 Å². The molecule has 168 valence electrons. The molecule has 1 aliphatic rings. The summed E-state index contributed by atoms with van der Waals surface area (Å²) in [5, 5.41) is 8.61. The highest BCUT2D eigenvalue weighted by Crippen LogP contribution is 2.29. The van der Waals surface area contributed by atoms with Gasteiger partial charge in [-0.05, 0) is 42.8 Å². The van der Waals surface area contributed by atoms with Gasteiger partial charge in [0.2, 0.25) is 5.91 Å². The fraction of sp³-hybridized carbons (Fsp3) is 0.364. The fourth-order valence-electron chi connectivity index (χ4n) is 3.37. The number of benzene rings is 2. The molecule has 1 heterocycles. The van der Waals surface area contributed by atoms with Crippen LogP contribution in [0.5, 0.6) is 11.5 Å². The van der Waals surface area contributed by atoms with Gasteiger partial charge in [-0.15, -0.1) is 12.4 Å². The van der Waals surface area contributed by atoms with Gasteiger partial charge in [0.05, 0.1) is 26.8 Å². The predicted molar refractivity (Wildman–Crippen MR) is 122 cm³/mol. The topological polar surface area (TPSA) is 91.9 Å². The summed E-state index contributed by atoms with van der Waals surface area (Å²) in [5.41, 5.74) is 2.81. The molecule has 31 heavy (non-hydrogen) atoms. The minimum Gasteiger partial charge on any atom is -0.497 e. The van der Waals surface area contributed by atoms with Crippen molar-refractivity contribution in [1.82, 2.24) is 16.0 Å². The Bertz CT molecular complexity index is 892. The Balaban J connectivity index is 0.00000341.